The number of amides is 1. The van der Waals surface area contributed by atoms with E-state index in [9.17, 15) is 37.8 Å². The minimum absolute atomic E-state index is 0.0397. The molecule has 36 heavy (non-hydrogen) atoms. The predicted octanol–water partition coefficient (Wildman–Crippen LogP) is 4.63. The summed E-state index contributed by atoms with van der Waals surface area (Å²) in [7, 11) is 1.44. The number of ether oxygens (including phenoxy) is 2. The van der Waals surface area contributed by atoms with Crippen LogP contribution in [-0.2, 0) is 27.4 Å². The van der Waals surface area contributed by atoms with Gasteiger partial charge in [-0.05, 0) is 49.9 Å². The molecular weight excluding hydrogens is 483 g/mol. The Balaban J connectivity index is 1.80. The normalized spacial score (nSPS) is 14.2. The molecular formula is C25H24F3NO7. The van der Waals surface area contributed by atoms with E-state index in [4.69, 9.17) is 9.47 Å². The molecule has 1 heterocycles. The molecule has 3 N–H and O–H groups in total. The van der Waals surface area contributed by atoms with Crippen molar-refractivity contribution in [1.29, 1.82) is 0 Å². The van der Waals surface area contributed by atoms with Gasteiger partial charge in [0.15, 0.2) is 0 Å². The molecule has 11 heteroatoms. The number of carboxylic acid groups (broad SMARTS) is 1. The van der Waals surface area contributed by atoms with Crippen LogP contribution in [0.4, 0.5) is 18.9 Å². The van der Waals surface area contributed by atoms with E-state index in [-0.39, 0.29) is 36.4 Å². The Morgan fingerprint density at radius 1 is 1.25 bits per heavy atom. The standard InChI is InChI=1S/C25H24F3NO7/c1-12(4-9-16-20(30)19-18(11-36-23(19)33)13(2)21(16)35-3)10-17(22(31)32)14-5-7-15(8-6-14)29-24(34)25(26,27)28/h4-8,17,30H,9-11H2,1-3H3,(H,29,34)(H,31,32)/b12-4+. The summed E-state index contributed by atoms with van der Waals surface area (Å²) in [5, 5.41) is 22.1. The molecule has 192 valence electrons. The van der Waals surface area contributed by atoms with Gasteiger partial charge in [0.05, 0.1) is 13.0 Å². The van der Waals surface area contributed by atoms with E-state index in [2.05, 4.69) is 0 Å². The molecule has 1 atom stereocenters. The minimum Gasteiger partial charge on any atom is -0.507 e. The van der Waals surface area contributed by atoms with Crippen molar-refractivity contribution in [3.8, 4) is 11.5 Å². The first-order chi connectivity index (χ1) is 16.8. The molecule has 1 aliphatic heterocycles. The van der Waals surface area contributed by atoms with Gasteiger partial charge in [-0.3, -0.25) is 9.59 Å². The number of aliphatic carboxylic acids is 1. The number of carbonyl (C=O) groups excluding carboxylic acids is 2. The van der Waals surface area contributed by atoms with E-state index in [1.165, 1.54) is 31.4 Å². The minimum atomic E-state index is -5.04. The Morgan fingerprint density at radius 2 is 1.89 bits per heavy atom. The highest BCUT2D eigenvalue weighted by Gasteiger charge is 2.38. The van der Waals surface area contributed by atoms with E-state index in [1.54, 1.807) is 25.2 Å². The molecule has 0 radical (unpaired) electrons. The Kier molecular flexibility index (Phi) is 7.61. The van der Waals surface area contributed by atoms with Crippen molar-refractivity contribution in [2.45, 2.75) is 45.4 Å². The Labute approximate surface area is 204 Å². The van der Waals surface area contributed by atoms with E-state index in [1.807, 2.05) is 0 Å². The summed E-state index contributed by atoms with van der Waals surface area (Å²) in [4.78, 5) is 35.0. The summed E-state index contributed by atoms with van der Waals surface area (Å²) >= 11 is 0. The van der Waals surface area contributed by atoms with Crippen LogP contribution in [0.2, 0.25) is 0 Å². The largest absolute Gasteiger partial charge is 0.507 e. The van der Waals surface area contributed by atoms with Crippen molar-refractivity contribution in [1.82, 2.24) is 0 Å². The number of aromatic hydroxyl groups is 1. The summed E-state index contributed by atoms with van der Waals surface area (Å²) in [6, 6.07) is 5.07. The lowest BCUT2D eigenvalue weighted by molar-refractivity contribution is -0.167. The van der Waals surface area contributed by atoms with Crippen LogP contribution in [0.15, 0.2) is 35.9 Å². The van der Waals surface area contributed by atoms with Gasteiger partial charge >= 0.3 is 24.0 Å². The highest BCUT2D eigenvalue weighted by Crippen LogP contribution is 2.42. The van der Waals surface area contributed by atoms with Crippen molar-refractivity contribution in [3.05, 3.63) is 63.7 Å². The fraction of sp³-hybridized carbons (Fsp3) is 0.320. The van der Waals surface area contributed by atoms with E-state index < -0.39 is 29.9 Å². The predicted molar refractivity (Wildman–Crippen MR) is 122 cm³/mol. The van der Waals surface area contributed by atoms with Gasteiger partial charge in [0.1, 0.15) is 23.7 Å². The monoisotopic (exact) mass is 507 g/mol. The number of carboxylic acids is 1. The lowest BCUT2D eigenvalue weighted by Gasteiger charge is -2.17. The van der Waals surface area contributed by atoms with Crippen LogP contribution in [0, 0.1) is 6.92 Å². The summed E-state index contributed by atoms with van der Waals surface area (Å²) in [5.74, 6) is -4.76. The average Bonchev–Trinajstić information content (AvgIpc) is 3.20. The first-order valence-corrected chi connectivity index (χ1v) is 10.8. The summed E-state index contributed by atoms with van der Waals surface area (Å²) in [6.07, 6.45) is -3.12. The van der Waals surface area contributed by atoms with Gasteiger partial charge in [-0.2, -0.15) is 13.2 Å². The molecule has 0 fully saturated rings. The lowest BCUT2D eigenvalue weighted by Crippen LogP contribution is -2.29. The molecule has 0 aliphatic carbocycles. The quantitative estimate of drug-likeness (QED) is 0.352. The average molecular weight is 507 g/mol. The van der Waals surface area contributed by atoms with Crippen LogP contribution in [0.1, 0.15) is 51.9 Å². The summed E-state index contributed by atoms with van der Waals surface area (Å²) in [5.41, 5.74) is 2.54. The van der Waals surface area contributed by atoms with Gasteiger partial charge in [-0.15, -0.1) is 0 Å². The smallest absolute Gasteiger partial charge is 0.471 e. The number of alkyl halides is 3. The second-order valence-electron chi connectivity index (χ2n) is 8.34. The molecule has 0 saturated heterocycles. The highest BCUT2D eigenvalue weighted by atomic mass is 19.4. The topological polar surface area (TPSA) is 122 Å². The zero-order valence-corrected chi connectivity index (χ0v) is 19.7. The molecule has 2 aromatic rings. The number of hydrogen-bond acceptors (Lipinski definition) is 6. The number of hydrogen-bond donors (Lipinski definition) is 3. The number of phenolic OH excluding ortho intramolecular Hbond substituents is 1. The van der Waals surface area contributed by atoms with Crippen molar-refractivity contribution in [3.63, 3.8) is 0 Å². The van der Waals surface area contributed by atoms with E-state index in [0.29, 0.717) is 33.6 Å². The molecule has 0 bridgehead atoms. The first-order valence-electron chi connectivity index (χ1n) is 10.8. The molecule has 1 aliphatic rings. The number of halogens is 3. The Bertz CT molecular complexity index is 1230. The number of rotatable bonds is 8. The second-order valence-corrected chi connectivity index (χ2v) is 8.34. The third kappa shape index (κ3) is 5.45. The first kappa shape index (κ1) is 26.6. The van der Waals surface area contributed by atoms with Crippen molar-refractivity contribution >= 4 is 23.5 Å². The Morgan fingerprint density at radius 3 is 2.44 bits per heavy atom. The number of methoxy groups -OCH3 is 1. The maximum Gasteiger partial charge on any atom is 0.471 e. The molecule has 3 rings (SSSR count). The highest BCUT2D eigenvalue weighted by molar-refractivity contribution is 5.98. The van der Waals surface area contributed by atoms with E-state index >= 15 is 0 Å². The maximum absolute atomic E-state index is 12.4. The molecule has 8 nitrogen and oxygen atoms in total. The van der Waals surface area contributed by atoms with Crippen molar-refractivity contribution in [2.75, 3.05) is 12.4 Å². The summed E-state index contributed by atoms with van der Waals surface area (Å²) in [6.45, 7) is 3.49. The van der Waals surface area contributed by atoms with Crippen LogP contribution < -0.4 is 10.1 Å². The number of benzene rings is 2. The lowest BCUT2D eigenvalue weighted by atomic mass is 9.90. The third-order valence-corrected chi connectivity index (χ3v) is 5.95. The molecule has 2 aromatic carbocycles. The summed E-state index contributed by atoms with van der Waals surface area (Å²) < 4.78 is 47.7. The fourth-order valence-corrected chi connectivity index (χ4v) is 4.06. The second kappa shape index (κ2) is 10.3. The molecule has 0 saturated carbocycles. The van der Waals surface area contributed by atoms with Crippen LogP contribution in [0.3, 0.4) is 0 Å². The van der Waals surface area contributed by atoms with Gasteiger partial charge in [-0.1, -0.05) is 23.8 Å². The number of nitrogens with one attached hydrogen (secondary N) is 1. The van der Waals surface area contributed by atoms with E-state index in [0.717, 1.165) is 0 Å². The number of carbonyl (C=O) groups is 3. The SMILES string of the molecule is COc1c(C)c2c(c(O)c1C/C=C(\C)CC(C(=O)O)c1ccc(NC(=O)C(F)(F)F)cc1)C(=O)OC2. The molecule has 1 unspecified atom stereocenters. The molecule has 0 aromatic heterocycles. The van der Waals surface area contributed by atoms with Crippen molar-refractivity contribution < 1.29 is 47.2 Å². The van der Waals surface area contributed by atoms with Gasteiger partial charge < -0.3 is 25.0 Å². The number of fused-ring (bicyclic) bond motifs is 1. The number of phenols is 1. The zero-order valence-electron chi connectivity index (χ0n) is 19.7. The number of cyclic esters (lactones) is 1. The Hall–Kier alpha value is -4.02. The van der Waals surface area contributed by atoms with Crippen LogP contribution >= 0.6 is 0 Å². The number of esters is 1. The number of allylic oxidation sites excluding steroid dienone is 2. The van der Waals surface area contributed by atoms with Crippen LogP contribution in [0.5, 0.6) is 11.5 Å². The van der Waals surface area contributed by atoms with Gasteiger partial charge in [-0.25, -0.2) is 4.79 Å². The number of anilines is 1. The van der Waals surface area contributed by atoms with Gasteiger partial charge in [0.2, 0.25) is 0 Å². The fourth-order valence-electron chi connectivity index (χ4n) is 4.06. The molecule has 0 spiro atoms. The van der Waals surface area contributed by atoms with Gasteiger partial charge in [0, 0.05) is 16.8 Å². The molecule has 1 amide bonds. The third-order valence-electron chi connectivity index (χ3n) is 5.95. The van der Waals surface area contributed by atoms with Crippen molar-refractivity contribution in [2.24, 2.45) is 0 Å². The van der Waals surface area contributed by atoms with Crippen LogP contribution in [-0.4, -0.2) is 41.3 Å². The maximum atomic E-state index is 12.4. The van der Waals surface area contributed by atoms with Gasteiger partial charge in [0.25, 0.3) is 0 Å². The zero-order chi connectivity index (χ0) is 26.8. The van der Waals surface area contributed by atoms with Crippen LogP contribution in [0.25, 0.3) is 0 Å².